The third-order valence-corrected chi connectivity index (χ3v) is 6.43. The van der Waals surface area contributed by atoms with Crippen molar-refractivity contribution in [2.24, 2.45) is 7.05 Å². The lowest BCUT2D eigenvalue weighted by molar-refractivity contribution is -0.113. The Kier molecular flexibility index (Phi) is 7.23. The number of carbonyl (C=O) groups excluding carboxylic acids is 2. The van der Waals surface area contributed by atoms with Crippen molar-refractivity contribution in [3.63, 3.8) is 0 Å². The fourth-order valence-corrected chi connectivity index (χ4v) is 4.49. The van der Waals surface area contributed by atoms with E-state index in [4.69, 9.17) is 4.74 Å². The molecule has 1 N–H and O–H groups in total. The molecule has 4 rings (SSSR count). The van der Waals surface area contributed by atoms with Crippen molar-refractivity contribution in [2.75, 3.05) is 24.2 Å². The van der Waals surface area contributed by atoms with Crippen molar-refractivity contribution >= 4 is 29.3 Å². The van der Waals surface area contributed by atoms with Gasteiger partial charge in [-0.3, -0.25) is 9.59 Å². The molecule has 2 aromatic carbocycles. The molecule has 172 valence electrons. The van der Waals surface area contributed by atoms with Gasteiger partial charge in [-0.2, -0.15) is 0 Å². The molecule has 0 bridgehead atoms. The van der Waals surface area contributed by atoms with E-state index in [0.29, 0.717) is 23.0 Å². The van der Waals surface area contributed by atoms with E-state index < -0.39 is 0 Å². The minimum Gasteiger partial charge on any atom is -0.494 e. The first-order valence-corrected chi connectivity index (χ1v) is 11.8. The average molecular weight is 467 g/mol. The molecule has 2 amide bonds. The number of nitrogens with zero attached hydrogens (tertiary/aromatic N) is 5. The zero-order valence-electron chi connectivity index (χ0n) is 18.6. The summed E-state index contributed by atoms with van der Waals surface area (Å²) in [7, 11) is 1.72. The van der Waals surface area contributed by atoms with Crippen LogP contribution in [0.5, 0.6) is 5.75 Å². The normalized spacial score (nSPS) is 15.5. The van der Waals surface area contributed by atoms with Crippen molar-refractivity contribution < 1.29 is 14.3 Å². The minimum absolute atomic E-state index is 0.00500. The summed E-state index contributed by atoms with van der Waals surface area (Å²) in [6.07, 6.45) is 1.91. The van der Waals surface area contributed by atoms with E-state index in [9.17, 15) is 9.59 Å². The van der Waals surface area contributed by atoms with Gasteiger partial charge in [0.25, 0.3) is 5.91 Å². The summed E-state index contributed by atoms with van der Waals surface area (Å²) in [5.41, 5.74) is 2.35. The first-order chi connectivity index (χ1) is 16.0. The minimum atomic E-state index is -0.169. The van der Waals surface area contributed by atoms with E-state index in [-0.39, 0.29) is 23.6 Å². The number of benzene rings is 2. The van der Waals surface area contributed by atoms with Crippen LogP contribution in [-0.2, 0) is 11.8 Å². The molecule has 1 aliphatic rings. The number of rotatable bonds is 8. The third kappa shape index (κ3) is 5.51. The second-order valence-corrected chi connectivity index (χ2v) is 8.60. The number of anilines is 1. The van der Waals surface area contributed by atoms with Gasteiger partial charge in [-0.1, -0.05) is 23.9 Å². The summed E-state index contributed by atoms with van der Waals surface area (Å²) in [4.78, 5) is 27.3. The maximum absolute atomic E-state index is 13.2. The Balaban J connectivity index is 1.36. The molecule has 2 heterocycles. The Hall–Kier alpha value is -3.40. The molecule has 1 saturated heterocycles. The number of carbonyl (C=O) groups is 2. The summed E-state index contributed by atoms with van der Waals surface area (Å²) < 4.78 is 7.03. The summed E-state index contributed by atoms with van der Waals surface area (Å²) in [5, 5.41) is 14.5. The lowest BCUT2D eigenvalue weighted by atomic mass is 10.0. The Morgan fingerprint density at radius 1 is 1.15 bits per heavy atom. The molecule has 33 heavy (non-hydrogen) atoms. The van der Waals surface area contributed by atoms with Crippen LogP contribution >= 0.6 is 11.8 Å². The molecule has 1 unspecified atom stereocenters. The number of ether oxygens (including phenoxy) is 1. The van der Waals surface area contributed by atoms with Crippen LogP contribution in [0.2, 0.25) is 0 Å². The molecule has 9 nitrogen and oxygen atoms in total. The van der Waals surface area contributed by atoms with E-state index in [2.05, 4.69) is 20.8 Å². The molecule has 0 saturated carbocycles. The molecular formula is C23H26N6O3S. The van der Waals surface area contributed by atoms with Crippen molar-refractivity contribution in [1.29, 1.82) is 0 Å². The highest BCUT2D eigenvalue weighted by atomic mass is 32.2. The monoisotopic (exact) mass is 466 g/mol. The second-order valence-electron chi connectivity index (χ2n) is 7.66. The molecule has 1 fully saturated rings. The van der Waals surface area contributed by atoms with Gasteiger partial charge in [0.1, 0.15) is 5.75 Å². The Labute approximate surface area is 196 Å². The molecule has 1 aliphatic heterocycles. The van der Waals surface area contributed by atoms with Crippen LogP contribution in [0, 0.1) is 0 Å². The predicted octanol–water partition coefficient (Wildman–Crippen LogP) is 3.32. The highest BCUT2D eigenvalue weighted by molar-refractivity contribution is 7.99. The summed E-state index contributed by atoms with van der Waals surface area (Å²) in [5.74, 6) is 0.847. The highest BCUT2D eigenvalue weighted by Crippen LogP contribution is 2.34. The van der Waals surface area contributed by atoms with Gasteiger partial charge >= 0.3 is 0 Å². The second kappa shape index (κ2) is 10.5. The zero-order valence-corrected chi connectivity index (χ0v) is 19.4. The Bertz CT molecular complexity index is 1100. The number of tetrazole rings is 1. The third-order valence-electron chi connectivity index (χ3n) is 5.42. The first kappa shape index (κ1) is 22.8. The van der Waals surface area contributed by atoms with Gasteiger partial charge < -0.3 is 15.0 Å². The van der Waals surface area contributed by atoms with Crippen LogP contribution in [0.4, 0.5) is 5.69 Å². The van der Waals surface area contributed by atoms with Crippen LogP contribution in [0.25, 0.3) is 0 Å². The molecule has 0 aliphatic carbocycles. The number of likely N-dealkylation sites (tertiary alicyclic amines) is 1. The van der Waals surface area contributed by atoms with Gasteiger partial charge in [0.2, 0.25) is 11.1 Å². The van der Waals surface area contributed by atoms with Gasteiger partial charge in [0, 0.05) is 24.8 Å². The summed E-state index contributed by atoms with van der Waals surface area (Å²) in [6, 6.07) is 15.1. The SMILES string of the molecule is CCOc1ccc(C2CCCN2C(=O)c2ccc(NC(=O)CSc3nnnn3C)cc2)cc1. The quantitative estimate of drug-likeness (QED) is 0.508. The lowest BCUT2D eigenvalue weighted by Crippen LogP contribution is -2.30. The predicted molar refractivity (Wildman–Crippen MR) is 125 cm³/mol. The average Bonchev–Trinajstić information content (AvgIpc) is 3.47. The smallest absolute Gasteiger partial charge is 0.254 e. The van der Waals surface area contributed by atoms with E-state index >= 15 is 0 Å². The lowest BCUT2D eigenvalue weighted by Gasteiger charge is -2.25. The van der Waals surface area contributed by atoms with Crippen molar-refractivity contribution in [2.45, 2.75) is 31.0 Å². The number of nitrogens with one attached hydrogen (secondary N) is 1. The van der Waals surface area contributed by atoms with Crippen molar-refractivity contribution in [3.05, 3.63) is 59.7 Å². The number of aromatic nitrogens is 4. The van der Waals surface area contributed by atoms with E-state index in [1.165, 1.54) is 16.4 Å². The molecule has 10 heteroatoms. The van der Waals surface area contributed by atoms with Crippen LogP contribution in [0.3, 0.4) is 0 Å². The number of thioether (sulfide) groups is 1. The Morgan fingerprint density at radius 2 is 1.91 bits per heavy atom. The van der Waals surface area contributed by atoms with Crippen LogP contribution < -0.4 is 10.1 Å². The molecule has 1 atom stereocenters. The standard InChI is InChI=1S/C23H26N6O3S/c1-3-32-19-12-8-16(9-13-19)20-5-4-14-29(20)22(31)17-6-10-18(11-7-17)24-21(30)15-33-23-25-26-27-28(23)2/h6-13,20H,3-5,14-15H2,1-2H3,(H,24,30). The first-order valence-electron chi connectivity index (χ1n) is 10.8. The number of hydrogen-bond acceptors (Lipinski definition) is 7. The summed E-state index contributed by atoms with van der Waals surface area (Å²) >= 11 is 1.25. The van der Waals surface area contributed by atoms with E-state index in [1.54, 1.807) is 31.3 Å². The Morgan fingerprint density at radius 3 is 2.58 bits per heavy atom. The molecule has 3 aromatic rings. The molecule has 1 aromatic heterocycles. The maximum atomic E-state index is 13.2. The van der Waals surface area contributed by atoms with E-state index in [1.807, 2.05) is 36.1 Å². The van der Waals surface area contributed by atoms with Gasteiger partial charge in [-0.05, 0) is 72.2 Å². The summed E-state index contributed by atoms with van der Waals surface area (Å²) in [6.45, 7) is 3.31. The zero-order chi connectivity index (χ0) is 23.2. The van der Waals surface area contributed by atoms with Crippen LogP contribution in [0.1, 0.15) is 41.7 Å². The van der Waals surface area contributed by atoms with E-state index in [0.717, 1.165) is 30.7 Å². The highest BCUT2D eigenvalue weighted by Gasteiger charge is 2.30. The van der Waals surface area contributed by atoms with Crippen molar-refractivity contribution in [3.8, 4) is 5.75 Å². The largest absolute Gasteiger partial charge is 0.494 e. The van der Waals surface area contributed by atoms with Gasteiger partial charge in [0.05, 0.1) is 18.4 Å². The fourth-order valence-electron chi connectivity index (χ4n) is 3.84. The van der Waals surface area contributed by atoms with Crippen molar-refractivity contribution in [1.82, 2.24) is 25.1 Å². The topological polar surface area (TPSA) is 102 Å². The molecule has 0 spiro atoms. The molecule has 0 radical (unpaired) electrons. The maximum Gasteiger partial charge on any atom is 0.254 e. The van der Waals surface area contributed by atoms with Gasteiger partial charge in [0.15, 0.2) is 0 Å². The van der Waals surface area contributed by atoms with Gasteiger partial charge in [-0.15, -0.1) is 5.10 Å². The van der Waals surface area contributed by atoms with Crippen LogP contribution in [0.15, 0.2) is 53.7 Å². The molecular weight excluding hydrogens is 440 g/mol. The number of hydrogen-bond donors (Lipinski definition) is 1. The van der Waals surface area contributed by atoms with Gasteiger partial charge in [-0.25, -0.2) is 4.68 Å². The number of aryl methyl sites for hydroxylation is 1. The number of amides is 2. The fraction of sp³-hybridized carbons (Fsp3) is 0.348. The van der Waals surface area contributed by atoms with Crippen LogP contribution in [-0.4, -0.2) is 55.8 Å².